The van der Waals surface area contributed by atoms with Gasteiger partial charge in [0, 0.05) is 34.0 Å². The minimum atomic E-state index is -0.615. The summed E-state index contributed by atoms with van der Waals surface area (Å²) in [4.78, 5) is 27.2. The highest BCUT2D eigenvalue weighted by atomic mass is 35.5. The van der Waals surface area contributed by atoms with Crippen LogP contribution in [0.2, 0.25) is 5.02 Å². The van der Waals surface area contributed by atoms with E-state index in [1.807, 2.05) is 7.05 Å². The fraction of sp³-hybridized carbons (Fsp3) is 0.250. The fourth-order valence-corrected chi connectivity index (χ4v) is 3.89. The minimum Gasteiger partial charge on any atom is -0.507 e. The van der Waals surface area contributed by atoms with E-state index < -0.39 is 11.3 Å². The van der Waals surface area contributed by atoms with Crippen LogP contribution in [0, 0.1) is 0 Å². The molecule has 0 unspecified atom stereocenters. The Kier molecular flexibility index (Phi) is 5.85. The zero-order valence-corrected chi connectivity index (χ0v) is 18.0. The molecule has 0 aliphatic carbocycles. The molecule has 7 heteroatoms. The number of hydrogen-bond acceptors (Lipinski definition) is 6. The number of unbranched alkanes of at least 4 members (excludes halogenated alkanes) is 1. The third kappa shape index (κ3) is 4.22. The lowest BCUT2D eigenvalue weighted by atomic mass is 9.99. The summed E-state index contributed by atoms with van der Waals surface area (Å²) in [5, 5.41) is 12.2. The molecule has 0 atom stereocenters. The van der Waals surface area contributed by atoms with Crippen LogP contribution in [0.1, 0.15) is 25.3 Å². The Bertz CT molecular complexity index is 1390. The molecule has 0 radical (unpaired) electrons. The molecule has 160 valence electrons. The Balaban J connectivity index is 1.93. The van der Waals surface area contributed by atoms with Gasteiger partial charge in [-0.15, -0.1) is 0 Å². The van der Waals surface area contributed by atoms with Gasteiger partial charge in [-0.2, -0.15) is 0 Å². The third-order valence-electron chi connectivity index (χ3n) is 5.30. The number of hydrogen-bond donors (Lipinski definition) is 1. The Morgan fingerprint density at radius 2 is 1.84 bits per heavy atom. The quantitative estimate of drug-likeness (QED) is 0.418. The smallest absolute Gasteiger partial charge is 0.344 e. The lowest BCUT2D eigenvalue weighted by Crippen LogP contribution is -2.19. The van der Waals surface area contributed by atoms with E-state index in [1.54, 1.807) is 36.4 Å². The van der Waals surface area contributed by atoms with Gasteiger partial charge in [-0.1, -0.05) is 24.9 Å². The summed E-state index contributed by atoms with van der Waals surface area (Å²) in [5.41, 5.74) is 0.594. The van der Waals surface area contributed by atoms with Crippen LogP contribution in [0.5, 0.6) is 5.75 Å². The first-order valence-corrected chi connectivity index (χ1v) is 10.5. The average Bonchev–Trinajstić information content (AvgIpc) is 2.73. The molecule has 0 aliphatic rings. The second kappa shape index (κ2) is 8.57. The van der Waals surface area contributed by atoms with E-state index in [9.17, 15) is 14.7 Å². The van der Waals surface area contributed by atoms with Crippen LogP contribution in [-0.2, 0) is 6.54 Å². The van der Waals surface area contributed by atoms with Crippen molar-refractivity contribution >= 4 is 33.5 Å². The zero-order valence-electron chi connectivity index (χ0n) is 17.3. The van der Waals surface area contributed by atoms with Crippen molar-refractivity contribution in [1.82, 2.24) is 4.90 Å². The van der Waals surface area contributed by atoms with Gasteiger partial charge >= 0.3 is 11.3 Å². The van der Waals surface area contributed by atoms with Gasteiger partial charge in [-0.25, -0.2) is 9.59 Å². The van der Waals surface area contributed by atoms with E-state index >= 15 is 0 Å². The number of phenolic OH excluding ortho intramolecular Hbond substituents is 1. The molecule has 2 heterocycles. The van der Waals surface area contributed by atoms with Crippen molar-refractivity contribution < 1.29 is 13.9 Å². The normalized spacial score (nSPS) is 11.6. The van der Waals surface area contributed by atoms with Gasteiger partial charge in [0.25, 0.3) is 0 Å². The molecule has 0 saturated heterocycles. The predicted octanol–water partition coefficient (Wildman–Crippen LogP) is 5.16. The molecule has 0 saturated carbocycles. The molecule has 2 aromatic carbocycles. The van der Waals surface area contributed by atoms with Crippen molar-refractivity contribution in [1.29, 1.82) is 0 Å². The van der Waals surface area contributed by atoms with Crippen molar-refractivity contribution in [3.63, 3.8) is 0 Å². The topological polar surface area (TPSA) is 83.9 Å². The van der Waals surface area contributed by atoms with Crippen molar-refractivity contribution in [2.24, 2.45) is 0 Å². The molecule has 0 bridgehead atoms. The van der Waals surface area contributed by atoms with E-state index in [4.69, 9.17) is 20.4 Å². The second-order valence-electron chi connectivity index (χ2n) is 7.64. The second-order valence-corrected chi connectivity index (χ2v) is 8.08. The fourth-order valence-electron chi connectivity index (χ4n) is 3.71. The van der Waals surface area contributed by atoms with Crippen LogP contribution in [0.3, 0.4) is 0 Å². The van der Waals surface area contributed by atoms with Crippen LogP contribution < -0.4 is 11.3 Å². The maximum Gasteiger partial charge on any atom is 0.344 e. The van der Waals surface area contributed by atoms with E-state index in [1.165, 1.54) is 6.07 Å². The molecule has 0 aliphatic heterocycles. The largest absolute Gasteiger partial charge is 0.507 e. The molecular weight excluding hydrogens is 418 g/mol. The summed E-state index contributed by atoms with van der Waals surface area (Å²) in [7, 11) is 1.94. The predicted molar refractivity (Wildman–Crippen MR) is 122 cm³/mol. The molecule has 31 heavy (non-hydrogen) atoms. The highest BCUT2D eigenvalue weighted by molar-refractivity contribution is 6.31. The van der Waals surface area contributed by atoms with Gasteiger partial charge in [0.2, 0.25) is 0 Å². The average molecular weight is 440 g/mol. The Morgan fingerprint density at radius 3 is 2.61 bits per heavy atom. The molecule has 0 amide bonds. The molecule has 4 aromatic rings. The summed E-state index contributed by atoms with van der Waals surface area (Å²) in [6.07, 6.45) is 2.06. The minimum absolute atomic E-state index is 0.0356. The van der Waals surface area contributed by atoms with Gasteiger partial charge in [0.15, 0.2) is 0 Å². The van der Waals surface area contributed by atoms with Crippen LogP contribution in [0.25, 0.3) is 33.1 Å². The maximum absolute atomic E-state index is 12.7. The van der Waals surface area contributed by atoms with E-state index in [0.29, 0.717) is 39.0 Å². The van der Waals surface area contributed by atoms with Crippen molar-refractivity contribution in [2.45, 2.75) is 26.3 Å². The number of aromatic hydroxyl groups is 1. The number of benzene rings is 2. The highest BCUT2D eigenvalue weighted by Crippen LogP contribution is 2.34. The van der Waals surface area contributed by atoms with E-state index in [2.05, 4.69) is 11.8 Å². The highest BCUT2D eigenvalue weighted by Gasteiger charge is 2.18. The van der Waals surface area contributed by atoms with Crippen LogP contribution in [-0.4, -0.2) is 23.6 Å². The molecular formula is C24H22ClNO5. The molecule has 4 rings (SSSR count). The lowest BCUT2D eigenvalue weighted by Gasteiger charge is -2.18. The van der Waals surface area contributed by atoms with Gasteiger partial charge in [-0.05, 0) is 56.4 Å². The summed E-state index contributed by atoms with van der Waals surface area (Å²) in [6, 6.07) is 11.1. The lowest BCUT2D eigenvalue weighted by molar-refractivity contribution is 0.314. The molecule has 2 aromatic heterocycles. The van der Waals surface area contributed by atoms with Gasteiger partial charge in [-0.3, -0.25) is 0 Å². The SMILES string of the molecule is CCCCN(C)Cc1c(O)ccc2c(-c3cc4cc(Cl)ccc4oc3=O)cc(=O)oc12. The molecule has 6 nitrogen and oxygen atoms in total. The van der Waals surface area contributed by atoms with Crippen molar-refractivity contribution in [2.75, 3.05) is 13.6 Å². The standard InChI is InChI=1S/C24H22ClNO5/c1-3-4-9-26(2)13-19-20(27)7-6-16-17(12-22(28)31-23(16)19)18-11-14-10-15(25)5-8-21(14)30-24(18)29/h5-8,10-12,27H,3-4,9,13H2,1-2H3. The Hall–Kier alpha value is -3.09. The van der Waals surface area contributed by atoms with Gasteiger partial charge < -0.3 is 18.8 Å². The van der Waals surface area contributed by atoms with Gasteiger partial charge in [0.1, 0.15) is 16.9 Å². The van der Waals surface area contributed by atoms with Gasteiger partial charge in [0.05, 0.1) is 11.1 Å². The first kappa shape index (κ1) is 21.2. The first-order valence-electron chi connectivity index (χ1n) is 10.1. The number of phenols is 1. The van der Waals surface area contributed by atoms with Crippen LogP contribution in [0.15, 0.2) is 60.9 Å². The van der Waals surface area contributed by atoms with Crippen LogP contribution >= 0.6 is 11.6 Å². The third-order valence-corrected chi connectivity index (χ3v) is 5.53. The molecule has 0 spiro atoms. The summed E-state index contributed by atoms with van der Waals surface area (Å²) < 4.78 is 10.9. The summed E-state index contributed by atoms with van der Waals surface area (Å²) in [6.45, 7) is 3.35. The summed E-state index contributed by atoms with van der Waals surface area (Å²) >= 11 is 6.08. The molecule has 0 fully saturated rings. The number of nitrogens with zero attached hydrogens (tertiary/aromatic N) is 1. The Morgan fingerprint density at radius 1 is 1.03 bits per heavy atom. The van der Waals surface area contributed by atoms with Crippen LogP contribution in [0.4, 0.5) is 0 Å². The maximum atomic E-state index is 12.7. The Labute approximate surface area is 183 Å². The number of halogens is 1. The van der Waals surface area contributed by atoms with E-state index in [-0.39, 0.29) is 16.9 Å². The van der Waals surface area contributed by atoms with E-state index in [0.717, 1.165) is 19.4 Å². The first-order chi connectivity index (χ1) is 14.9. The monoisotopic (exact) mass is 439 g/mol. The zero-order chi connectivity index (χ0) is 22.1. The number of fused-ring (bicyclic) bond motifs is 2. The number of rotatable bonds is 6. The molecule has 1 N–H and O–H groups in total. The summed E-state index contributed by atoms with van der Waals surface area (Å²) in [5.74, 6) is 0.0356. The van der Waals surface area contributed by atoms with Crippen molar-refractivity contribution in [3.8, 4) is 16.9 Å². The van der Waals surface area contributed by atoms with Crippen molar-refractivity contribution in [3.05, 3.63) is 73.9 Å².